The highest BCUT2D eigenvalue weighted by Crippen LogP contribution is 2.30. The zero-order valence-corrected chi connectivity index (χ0v) is 9.07. The van der Waals surface area contributed by atoms with Crippen molar-refractivity contribution >= 4 is 11.9 Å². The molecule has 0 spiro atoms. The number of carbonyl (C=O) groups excluding carboxylic acids is 1. The van der Waals surface area contributed by atoms with Crippen LogP contribution < -0.4 is 0 Å². The van der Waals surface area contributed by atoms with Crippen LogP contribution in [0.25, 0.3) is 6.08 Å². The maximum Gasteiger partial charge on any atom is 0.158 e. The molecule has 0 bridgehead atoms. The molecule has 1 nitrogen and oxygen atoms in total. The summed E-state index contributed by atoms with van der Waals surface area (Å²) >= 11 is 0. The van der Waals surface area contributed by atoms with E-state index in [-0.39, 0.29) is 5.78 Å². The van der Waals surface area contributed by atoms with Gasteiger partial charge in [0.25, 0.3) is 0 Å². The van der Waals surface area contributed by atoms with Gasteiger partial charge in [-0.15, -0.1) is 0 Å². The Morgan fingerprint density at radius 2 is 2.00 bits per heavy atom. The summed E-state index contributed by atoms with van der Waals surface area (Å²) in [7, 11) is 0. The molecule has 1 aromatic carbocycles. The van der Waals surface area contributed by atoms with Crippen molar-refractivity contribution in [2.45, 2.75) is 26.2 Å². The molecule has 0 unspecified atom stereocenters. The number of carbonyl (C=O) groups is 1. The van der Waals surface area contributed by atoms with Crippen LogP contribution in [-0.4, -0.2) is 5.78 Å². The summed E-state index contributed by atoms with van der Waals surface area (Å²) in [4.78, 5) is 11.4. The largest absolute Gasteiger partial charge is 0.295 e. The lowest BCUT2D eigenvalue weighted by atomic mass is 10.1. The van der Waals surface area contributed by atoms with Gasteiger partial charge in [-0.1, -0.05) is 37.3 Å². The lowest BCUT2D eigenvalue weighted by Gasteiger charge is -1.96. The van der Waals surface area contributed by atoms with Gasteiger partial charge in [-0.2, -0.15) is 0 Å². The maximum atomic E-state index is 11.4. The van der Waals surface area contributed by atoms with Crippen molar-refractivity contribution in [3.05, 3.63) is 41.5 Å². The van der Waals surface area contributed by atoms with Gasteiger partial charge in [0.15, 0.2) is 5.78 Å². The molecule has 0 N–H and O–H groups in total. The normalized spacial score (nSPS) is 15.8. The van der Waals surface area contributed by atoms with E-state index in [4.69, 9.17) is 0 Å². The monoisotopic (exact) mass is 200 g/mol. The van der Waals surface area contributed by atoms with Crippen LogP contribution in [-0.2, 0) is 11.2 Å². The fourth-order valence-corrected chi connectivity index (χ4v) is 1.55. The fraction of sp³-hybridized carbons (Fsp3) is 0.357. The lowest BCUT2D eigenvalue weighted by Crippen LogP contribution is -1.93. The van der Waals surface area contributed by atoms with Crippen LogP contribution in [0.1, 0.15) is 30.9 Å². The Balaban J connectivity index is 2.00. The molecule has 1 aliphatic carbocycles. The fourth-order valence-electron chi connectivity index (χ4n) is 1.55. The highest BCUT2D eigenvalue weighted by Gasteiger charge is 2.27. The van der Waals surface area contributed by atoms with Crippen molar-refractivity contribution in [1.29, 1.82) is 0 Å². The second-order valence-corrected chi connectivity index (χ2v) is 4.11. The van der Waals surface area contributed by atoms with Gasteiger partial charge in [-0.25, -0.2) is 0 Å². The van der Waals surface area contributed by atoms with Crippen molar-refractivity contribution in [3.8, 4) is 0 Å². The second kappa shape index (κ2) is 4.43. The van der Waals surface area contributed by atoms with Crippen molar-refractivity contribution in [2.75, 3.05) is 0 Å². The summed E-state index contributed by atoms with van der Waals surface area (Å²) in [6.07, 6.45) is 6.86. The smallest absolute Gasteiger partial charge is 0.158 e. The summed E-state index contributed by atoms with van der Waals surface area (Å²) in [5.74, 6) is 0.616. The van der Waals surface area contributed by atoms with E-state index >= 15 is 0 Å². The standard InChI is InChI=1S/C14H16O/c1-2-11-3-5-12(6-4-11)7-10-14(15)13-8-9-13/h3-7,10,13H,2,8-9H2,1H3/b10-7+. The average molecular weight is 200 g/mol. The van der Waals surface area contributed by atoms with E-state index in [2.05, 4.69) is 31.2 Å². The predicted molar refractivity (Wildman–Crippen MR) is 62.6 cm³/mol. The molecule has 1 aromatic rings. The van der Waals surface area contributed by atoms with Gasteiger partial charge < -0.3 is 0 Å². The number of allylic oxidation sites excluding steroid dienone is 1. The lowest BCUT2D eigenvalue weighted by molar-refractivity contribution is -0.115. The molecule has 78 valence electrons. The number of ketones is 1. The van der Waals surface area contributed by atoms with Gasteiger partial charge in [0, 0.05) is 5.92 Å². The van der Waals surface area contributed by atoms with Gasteiger partial charge in [-0.3, -0.25) is 4.79 Å². The molecule has 0 atom stereocenters. The Morgan fingerprint density at radius 1 is 1.33 bits per heavy atom. The number of hydrogen-bond acceptors (Lipinski definition) is 1. The Bertz CT molecular complexity index is 369. The first kappa shape index (κ1) is 10.2. The zero-order valence-electron chi connectivity index (χ0n) is 9.07. The molecule has 0 saturated heterocycles. The van der Waals surface area contributed by atoms with Gasteiger partial charge >= 0.3 is 0 Å². The second-order valence-electron chi connectivity index (χ2n) is 4.11. The average Bonchev–Trinajstić information content (AvgIpc) is 3.10. The highest BCUT2D eigenvalue weighted by atomic mass is 16.1. The molecule has 0 aliphatic heterocycles. The molecule has 0 aromatic heterocycles. The SMILES string of the molecule is CCc1ccc(/C=C/C(=O)C2CC2)cc1. The minimum Gasteiger partial charge on any atom is -0.295 e. The molecule has 1 aliphatic rings. The van der Waals surface area contributed by atoms with E-state index in [1.165, 1.54) is 5.56 Å². The van der Waals surface area contributed by atoms with E-state index < -0.39 is 0 Å². The molecular formula is C14H16O. The number of aryl methyl sites for hydroxylation is 1. The Morgan fingerprint density at radius 3 is 2.53 bits per heavy atom. The maximum absolute atomic E-state index is 11.4. The van der Waals surface area contributed by atoms with Crippen LogP contribution in [0.3, 0.4) is 0 Å². The molecule has 0 heterocycles. The van der Waals surface area contributed by atoms with Crippen LogP contribution in [0.5, 0.6) is 0 Å². The van der Waals surface area contributed by atoms with Crippen LogP contribution in [0.2, 0.25) is 0 Å². The van der Waals surface area contributed by atoms with Gasteiger partial charge in [0.1, 0.15) is 0 Å². The molecule has 0 amide bonds. The Labute approximate surface area is 90.8 Å². The molecule has 2 rings (SSSR count). The third kappa shape index (κ3) is 2.79. The predicted octanol–water partition coefficient (Wildman–Crippen LogP) is 3.24. The van der Waals surface area contributed by atoms with Crippen molar-refractivity contribution in [3.63, 3.8) is 0 Å². The van der Waals surface area contributed by atoms with Gasteiger partial charge in [0.05, 0.1) is 0 Å². The molecule has 1 fully saturated rings. The molecular weight excluding hydrogens is 184 g/mol. The number of benzene rings is 1. The minimum atomic E-state index is 0.287. The van der Waals surface area contributed by atoms with E-state index in [0.717, 1.165) is 24.8 Å². The first-order valence-electron chi connectivity index (χ1n) is 5.60. The van der Waals surface area contributed by atoms with E-state index in [1.54, 1.807) is 6.08 Å². The third-order valence-electron chi connectivity index (χ3n) is 2.81. The number of hydrogen-bond donors (Lipinski definition) is 0. The molecule has 15 heavy (non-hydrogen) atoms. The quantitative estimate of drug-likeness (QED) is 0.682. The molecule has 0 radical (unpaired) electrons. The van der Waals surface area contributed by atoms with E-state index in [0.29, 0.717) is 5.92 Å². The van der Waals surface area contributed by atoms with Crippen LogP contribution in [0, 0.1) is 5.92 Å². The van der Waals surface area contributed by atoms with E-state index in [9.17, 15) is 4.79 Å². The first-order chi connectivity index (χ1) is 7.29. The Hall–Kier alpha value is -1.37. The summed E-state index contributed by atoms with van der Waals surface area (Å²) < 4.78 is 0. The van der Waals surface area contributed by atoms with Crippen molar-refractivity contribution in [2.24, 2.45) is 5.92 Å². The summed E-state index contributed by atoms with van der Waals surface area (Å²) in [5, 5.41) is 0. The summed E-state index contributed by atoms with van der Waals surface area (Å²) in [5.41, 5.74) is 2.45. The van der Waals surface area contributed by atoms with Crippen LogP contribution in [0.15, 0.2) is 30.3 Å². The number of rotatable bonds is 4. The van der Waals surface area contributed by atoms with Crippen LogP contribution >= 0.6 is 0 Å². The Kier molecular flexibility index (Phi) is 3.00. The minimum absolute atomic E-state index is 0.287. The first-order valence-corrected chi connectivity index (χ1v) is 5.60. The zero-order chi connectivity index (χ0) is 10.7. The third-order valence-corrected chi connectivity index (χ3v) is 2.81. The summed E-state index contributed by atoms with van der Waals surface area (Å²) in [6.45, 7) is 2.14. The van der Waals surface area contributed by atoms with Gasteiger partial charge in [-0.05, 0) is 36.5 Å². The van der Waals surface area contributed by atoms with Crippen LogP contribution in [0.4, 0.5) is 0 Å². The van der Waals surface area contributed by atoms with Crippen molar-refractivity contribution in [1.82, 2.24) is 0 Å². The molecule has 1 saturated carbocycles. The van der Waals surface area contributed by atoms with Crippen molar-refractivity contribution < 1.29 is 4.79 Å². The highest BCUT2D eigenvalue weighted by molar-refractivity contribution is 5.96. The topological polar surface area (TPSA) is 17.1 Å². The van der Waals surface area contributed by atoms with Gasteiger partial charge in [0.2, 0.25) is 0 Å². The summed E-state index contributed by atoms with van der Waals surface area (Å²) in [6, 6.07) is 8.35. The van der Waals surface area contributed by atoms with E-state index in [1.807, 2.05) is 6.08 Å². The molecule has 1 heteroatoms.